The van der Waals surface area contributed by atoms with Crippen LogP contribution in [0.5, 0.6) is 0 Å². The Morgan fingerprint density at radius 2 is 1.95 bits per heavy atom. The van der Waals surface area contributed by atoms with E-state index in [0.29, 0.717) is 17.4 Å². The van der Waals surface area contributed by atoms with Crippen molar-refractivity contribution in [3.63, 3.8) is 0 Å². The second-order valence-electron chi connectivity index (χ2n) is 5.14. The molecule has 2 N–H and O–H groups in total. The second-order valence-corrected chi connectivity index (χ2v) is 5.14. The number of carboxylic acids is 1. The molecule has 0 bridgehead atoms. The third kappa shape index (κ3) is 2.52. The van der Waals surface area contributed by atoms with Crippen molar-refractivity contribution < 1.29 is 15.0 Å². The van der Waals surface area contributed by atoms with Crippen LogP contribution in [-0.4, -0.2) is 22.8 Å². The summed E-state index contributed by atoms with van der Waals surface area (Å²) in [5.41, 5.74) is 1.21. The number of aliphatic hydroxyl groups is 1. The summed E-state index contributed by atoms with van der Waals surface area (Å²) >= 11 is 0. The third-order valence-corrected chi connectivity index (χ3v) is 3.65. The molecule has 100 valence electrons. The Labute approximate surface area is 116 Å². The molecule has 0 aliphatic heterocycles. The van der Waals surface area contributed by atoms with Crippen LogP contribution in [0.4, 0.5) is 0 Å². The van der Waals surface area contributed by atoms with Crippen molar-refractivity contribution in [2.45, 2.75) is 6.42 Å². The van der Waals surface area contributed by atoms with Gasteiger partial charge in [-0.05, 0) is 47.4 Å². The van der Waals surface area contributed by atoms with Gasteiger partial charge in [-0.1, -0.05) is 24.0 Å². The maximum atomic E-state index is 10.9. The number of carbonyl (C=O) groups is 1. The fraction of sp³-hybridized carbons (Fsp3) is 0.235. The second kappa shape index (κ2) is 4.99. The van der Waals surface area contributed by atoms with Gasteiger partial charge in [-0.25, -0.2) is 4.79 Å². The maximum absolute atomic E-state index is 10.9. The van der Waals surface area contributed by atoms with Crippen LogP contribution >= 0.6 is 0 Å². The van der Waals surface area contributed by atoms with Gasteiger partial charge in [-0.2, -0.15) is 0 Å². The van der Waals surface area contributed by atoms with E-state index in [0.717, 1.165) is 22.8 Å². The predicted molar refractivity (Wildman–Crippen MR) is 76.5 cm³/mol. The van der Waals surface area contributed by atoms with E-state index >= 15 is 0 Å². The highest BCUT2D eigenvalue weighted by Gasteiger charge is 2.34. The van der Waals surface area contributed by atoms with Gasteiger partial charge in [-0.3, -0.25) is 0 Å². The van der Waals surface area contributed by atoms with Gasteiger partial charge in [0.1, 0.15) is 0 Å². The SMILES string of the molecule is O=C(O)c1ccc2cc(C#C[C@@H]3C[C@H]3CO)ccc2c1. The summed E-state index contributed by atoms with van der Waals surface area (Å²) < 4.78 is 0. The summed E-state index contributed by atoms with van der Waals surface area (Å²) in [5.74, 6) is 6.04. The van der Waals surface area contributed by atoms with Crippen molar-refractivity contribution in [3.8, 4) is 11.8 Å². The Morgan fingerprint density at radius 1 is 1.20 bits per heavy atom. The van der Waals surface area contributed by atoms with Gasteiger partial charge in [0.05, 0.1) is 5.56 Å². The smallest absolute Gasteiger partial charge is 0.335 e. The first-order chi connectivity index (χ1) is 9.67. The first kappa shape index (κ1) is 12.7. The van der Waals surface area contributed by atoms with Gasteiger partial charge in [0.15, 0.2) is 0 Å². The highest BCUT2D eigenvalue weighted by molar-refractivity contribution is 5.94. The zero-order valence-electron chi connectivity index (χ0n) is 10.8. The summed E-state index contributed by atoms with van der Waals surface area (Å²) in [7, 11) is 0. The molecule has 0 radical (unpaired) electrons. The lowest BCUT2D eigenvalue weighted by Crippen LogP contribution is -1.95. The number of benzene rings is 2. The monoisotopic (exact) mass is 266 g/mol. The van der Waals surface area contributed by atoms with Crippen LogP contribution in [0, 0.1) is 23.7 Å². The molecule has 0 heterocycles. The minimum Gasteiger partial charge on any atom is -0.478 e. The molecule has 0 amide bonds. The van der Waals surface area contributed by atoms with E-state index in [1.807, 2.05) is 18.2 Å². The number of fused-ring (bicyclic) bond motifs is 1. The van der Waals surface area contributed by atoms with E-state index < -0.39 is 5.97 Å². The lowest BCUT2D eigenvalue weighted by atomic mass is 10.0. The van der Waals surface area contributed by atoms with Crippen molar-refractivity contribution in [2.24, 2.45) is 11.8 Å². The molecule has 2 atom stereocenters. The van der Waals surface area contributed by atoms with Crippen molar-refractivity contribution in [1.82, 2.24) is 0 Å². The van der Waals surface area contributed by atoms with Crippen molar-refractivity contribution in [1.29, 1.82) is 0 Å². The molecule has 20 heavy (non-hydrogen) atoms. The predicted octanol–water partition coefficient (Wildman–Crippen LogP) is 2.52. The number of rotatable bonds is 2. The minimum atomic E-state index is -0.917. The van der Waals surface area contributed by atoms with Crippen LogP contribution in [-0.2, 0) is 0 Å². The number of carboxylic acid groups (broad SMARTS) is 1. The average Bonchev–Trinajstić information content (AvgIpc) is 3.23. The van der Waals surface area contributed by atoms with Crippen LogP contribution in [0.15, 0.2) is 36.4 Å². The molecule has 1 aliphatic carbocycles. The molecule has 2 aromatic carbocycles. The zero-order chi connectivity index (χ0) is 14.1. The Bertz CT molecular complexity index is 737. The fourth-order valence-corrected chi connectivity index (χ4v) is 2.26. The highest BCUT2D eigenvalue weighted by Crippen LogP contribution is 2.37. The van der Waals surface area contributed by atoms with Gasteiger partial charge < -0.3 is 10.2 Å². The number of aliphatic hydroxyl groups excluding tert-OH is 1. The van der Waals surface area contributed by atoms with Gasteiger partial charge in [0.25, 0.3) is 0 Å². The molecule has 3 nitrogen and oxygen atoms in total. The molecule has 3 rings (SSSR count). The number of aromatic carboxylic acids is 1. The standard InChI is InChI=1S/C17H14O3/c18-10-16-9-14(16)4-2-11-1-3-13-8-15(17(19)20)6-5-12(13)7-11/h1,3,5-8,14,16,18H,9-10H2,(H,19,20)/t14-,16+/m1/s1. The van der Waals surface area contributed by atoms with E-state index in [-0.39, 0.29) is 6.61 Å². The normalized spacial score (nSPS) is 20.2. The van der Waals surface area contributed by atoms with Gasteiger partial charge >= 0.3 is 5.97 Å². The molecule has 0 spiro atoms. The molecule has 0 saturated heterocycles. The molecule has 0 aromatic heterocycles. The van der Waals surface area contributed by atoms with Crippen LogP contribution in [0.3, 0.4) is 0 Å². The average molecular weight is 266 g/mol. The zero-order valence-corrected chi connectivity index (χ0v) is 10.8. The van der Waals surface area contributed by atoms with Crippen LogP contribution in [0.2, 0.25) is 0 Å². The van der Waals surface area contributed by atoms with Crippen molar-refractivity contribution in [3.05, 3.63) is 47.5 Å². The van der Waals surface area contributed by atoms with Gasteiger partial charge in [0, 0.05) is 18.1 Å². The lowest BCUT2D eigenvalue weighted by Gasteiger charge is -2.00. The number of hydrogen-bond acceptors (Lipinski definition) is 2. The molecular formula is C17H14O3. The van der Waals surface area contributed by atoms with Gasteiger partial charge in [0.2, 0.25) is 0 Å². The Hall–Kier alpha value is -2.31. The van der Waals surface area contributed by atoms with E-state index in [9.17, 15) is 4.79 Å². The number of hydrogen-bond donors (Lipinski definition) is 2. The molecule has 1 saturated carbocycles. The molecule has 3 heteroatoms. The highest BCUT2D eigenvalue weighted by atomic mass is 16.4. The summed E-state index contributed by atoms with van der Waals surface area (Å²) in [6.45, 7) is 0.217. The quantitative estimate of drug-likeness (QED) is 0.821. The Kier molecular flexibility index (Phi) is 3.17. The van der Waals surface area contributed by atoms with E-state index in [4.69, 9.17) is 10.2 Å². The van der Waals surface area contributed by atoms with Crippen molar-refractivity contribution >= 4 is 16.7 Å². The molecule has 2 aromatic rings. The summed E-state index contributed by atoms with van der Waals surface area (Å²) in [5, 5.41) is 19.8. The lowest BCUT2D eigenvalue weighted by molar-refractivity contribution is 0.0697. The van der Waals surface area contributed by atoms with Crippen LogP contribution < -0.4 is 0 Å². The van der Waals surface area contributed by atoms with Gasteiger partial charge in [-0.15, -0.1) is 0 Å². The Morgan fingerprint density at radius 3 is 2.65 bits per heavy atom. The Balaban J connectivity index is 1.88. The van der Waals surface area contributed by atoms with E-state index in [1.54, 1.807) is 18.2 Å². The first-order valence-electron chi connectivity index (χ1n) is 6.57. The molecule has 1 fully saturated rings. The largest absolute Gasteiger partial charge is 0.478 e. The van der Waals surface area contributed by atoms with E-state index in [1.165, 1.54) is 0 Å². The first-order valence-corrected chi connectivity index (χ1v) is 6.57. The third-order valence-electron chi connectivity index (χ3n) is 3.65. The summed E-state index contributed by atoms with van der Waals surface area (Å²) in [4.78, 5) is 10.9. The minimum absolute atomic E-state index is 0.217. The van der Waals surface area contributed by atoms with Crippen LogP contribution in [0.25, 0.3) is 10.8 Å². The summed E-state index contributed by atoms with van der Waals surface area (Å²) in [6, 6.07) is 10.8. The van der Waals surface area contributed by atoms with Crippen molar-refractivity contribution in [2.75, 3.05) is 6.61 Å². The molecule has 0 unspecified atom stereocenters. The molecular weight excluding hydrogens is 252 g/mol. The molecule has 1 aliphatic rings. The summed E-state index contributed by atoms with van der Waals surface area (Å²) in [6.07, 6.45) is 0.985. The van der Waals surface area contributed by atoms with E-state index in [2.05, 4.69) is 11.8 Å². The fourth-order valence-electron chi connectivity index (χ4n) is 2.26. The van der Waals surface area contributed by atoms with Crippen LogP contribution in [0.1, 0.15) is 22.3 Å². The topological polar surface area (TPSA) is 57.5 Å². The maximum Gasteiger partial charge on any atom is 0.335 e.